The molecule has 0 aromatic heterocycles. The van der Waals surface area contributed by atoms with Crippen LogP contribution in [-0.2, 0) is 13.0 Å². The molecule has 30 heavy (non-hydrogen) atoms. The van der Waals surface area contributed by atoms with Gasteiger partial charge in [0.05, 0.1) is 7.11 Å². The Balaban J connectivity index is 1.35. The van der Waals surface area contributed by atoms with Gasteiger partial charge in [-0.3, -0.25) is 4.90 Å². The number of benzene rings is 2. The van der Waals surface area contributed by atoms with E-state index in [0.29, 0.717) is 6.54 Å². The number of hydrogen-bond acceptors (Lipinski definition) is 3. The summed E-state index contributed by atoms with van der Waals surface area (Å²) >= 11 is 0. The average molecular weight is 414 g/mol. The quantitative estimate of drug-likeness (QED) is 0.685. The zero-order valence-corrected chi connectivity index (χ0v) is 17.9. The lowest BCUT2D eigenvalue weighted by molar-refractivity contribution is 0.185. The van der Waals surface area contributed by atoms with Gasteiger partial charge < -0.3 is 15.4 Å². The van der Waals surface area contributed by atoms with Gasteiger partial charge in [0.2, 0.25) is 0 Å². The first-order chi connectivity index (χ1) is 14.5. The van der Waals surface area contributed by atoms with Gasteiger partial charge in [-0.2, -0.15) is 0 Å². The highest BCUT2D eigenvalue weighted by atomic mass is 19.1. The molecule has 0 saturated carbocycles. The molecule has 0 aliphatic carbocycles. The van der Waals surface area contributed by atoms with Crippen molar-refractivity contribution in [1.29, 1.82) is 0 Å². The number of nitrogens with zero attached hydrogens (tertiary/aromatic N) is 1. The van der Waals surface area contributed by atoms with E-state index in [-0.39, 0.29) is 29.7 Å². The van der Waals surface area contributed by atoms with E-state index in [2.05, 4.69) is 27.7 Å². The molecule has 1 atom stereocenters. The Morgan fingerprint density at radius 3 is 2.57 bits per heavy atom. The molecule has 2 N–H and O–H groups in total. The van der Waals surface area contributed by atoms with Gasteiger partial charge in [0.15, 0.2) is 11.6 Å². The lowest BCUT2D eigenvalue weighted by Crippen LogP contribution is -2.49. The van der Waals surface area contributed by atoms with E-state index in [0.717, 1.165) is 44.3 Å². The molecule has 2 amide bonds. The Morgan fingerprint density at radius 2 is 1.90 bits per heavy atom. The van der Waals surface area contributed by atoms with E-state index in [1.165, 1.54) is 18.7 Å². The number of aryl methyl sites for hydroxylation is 1. The largest absolute Gasteiger partial charge is 0.494 e. The van der Waals surface area contributed by atoms with Crippen molar-refractivity contribution in [3.63, 3.8) is 0 Å². The van der Waals surface area contributed by atoms with Crippen molar-refractivity contribution in [1.82, 2.24) is 15.5 Å². The van der Waals surface area contributed by atoms with Gasteiger partial charge in [0, 0.05) is 31.7 Å². The van der Waals surface area contributed by atoms with Crippen molar-refractivity contribution in [3.05, 3.63) is 65.5 Å². The van der Waals surface area contributed by atoms with Crippen molar-refractivity contribution in [3.8, 4) is 5.75 Å². The minimum absolute atomic E-state index is 0.0914. The number of likely N-dealkylation sites (tertiary alicyclic amines) is 1. The van der Waals surface area contributed by atoms with Crippen LogP contribution in [0.2, 0.25) is 0 Å². The van der Waals surface area contributed by atoms with Crippen molar-refractivity contribution in [2.75, 3.05) is 20.2 Å². The van der Waals surface area contributed by atoms with Gasteiger partial charge in [-0.1, -0.05) is 36.4 Å². The van der Waals surface area contributed by atoms with Crippen LogP contribution in [0.25, 0.3) is 0 Å². The Kier molecular flexibility index (Phi) is 8.08. The second kappa shape index (κ2) is 11.0. The number of carbonyl (C=O) groups is 1. The number of ether oxygens (including phenoxy) is 1. The molecule has 3 rings (SSSR count). The lowest BCUT2D eigenvalue weighted by atomic mass is 10.0. The SMILES string of the molecule is COc1ccc(CN2CCC(NC(=O)NC(C)CCc3ccccc3)CC2)cc1F. The predicted octanol–water partition coefficient (Wildman–Crippen LogP) is 4.12. The summed E-state index contributed by atoms with van der Waals surface area (Å²) in [7, 11) is 1.47. The maximum absolute atomic E-state index is 13.9. The minimum Gasteiger partial charge on any atom is -0.494 e. The normalized spacial score (nSPS) is 16.1. The lowest BCUT2D eigenvalue weighted by Gasteiger charge is -2.32. The fourth-order valence-electron chi connectivity index (χ4n) is 3.85. The van der Waals surface area contributed by atoms with E-state index < -0.39 is 0 Å². The van der Waals surface area contributed by atoms with E-state index in [1.807, 2.05) is 31.2 Å². The fourth-order valence-corrected chi connectivity index (χ4v) is 3.85. The first kappa shape index (κ1) is 22.1. The van der Waals surface area contributed by atoms with Crippen LogP contribution >= 0.6 is 0 Å². The smallest absolute Gasteiger partial charge is 0.315 e. The van der Waals surface area contributed by atoms with Crippen LogP contribution in [0.3, 0.4) is 0 Å². The van der Waals surface area contributed by atoms with Crippen molar-refractivity contribution >= 4 is 6.03 Å². The molecule has 0 radical (unpaired) electrons. The van der Waals surface area contributed by atoms with E-state index in [9.17, 15) is 9.18 Å². The molecule has 2 aromatic carbocycles. The molecular weight excluding hydrogens is 381 g/mol. The Labute approximate surface area is 178 Å². The second-order valence-corrected chi connectivity index (χ2v) is 8.06. The first-order valence-corrected chi connectivity index (χ1v) is 10.7. The predicted molar refractivity (Wildman–Crippen MR) is 117 cm³/mol. The topological polar surface area (TPSA) is 53.6 Å². The number of methoxy groups -OCH3 is 1. The number of urea groups is 1. The maximum Gasteiger partial charge on any atom is 0.315 e. The Bertz CT molecular complexity index is 807. The molecule has 1 aliphatic heterocycles. The molecule has 1 saturated heterocycles. The number of piperidine rings is 1. The summed E-state index contributed by atoms with van der Waals surface area (Å²) in [5, 5.41) is 6.15. The van der Waals surface area contributed by atoms with Crippen molar-refractivity contribution < 1.29 is 13.9 Å². The summed E-state index contributed by atoms with van der Waals surface area (Å²) in [5.41, 5.74) is 2.22. The maximum atomic E-state index is 13.9. The third-order valence-electron chi connectivity index (χ3n) is 5.63. The monoisotopic (exact) mass is 413 g/mol. The van der Waals surface area contributed by atoms with Crippen LogP contribution in [-0.4, -0.2) is 43.2 Å². The molecule has 162 valence electrons. The molecule has 0 bridgehead atoms. The Hall–Kier alpha value is -2.60. The molecule has 0 spiro atoms. The van der Waals surface area contributed by atoms with Gasteiger partial charge in [0.25, 0.3) is 0 Å². The molecule has 1 fully saturated rings. The molecule has 2 aromatic rings. The number of carbonyl (C=O) groups excluding carboxylic acids is 1. The second-order valence-electron chi connectivity index (χ2n) is 8.06. The van der Waals surface area contributed by atoms with Crippen molar-refractivity contribution in [2.24, 2.45) is 0 Å². The van der Waals surface area contributed by atoms with Crippen LogP contribution in [0, 0.1) is 5.82 Å². The third-order valence-corrected chi connectivity index (χ3v) is 5.63. The first-order valence-electron chi connectivity index (χ1n) is 10.7. The van der Waals surface area contributed by atoms with E-state index in [1.54, 1.807) is 6.07 Å². The van der Waals surface area contributed by atoms with E-state index in [4.69, 9.17) is 4.74 Å². The van der Waals surface area contributed by atoms with Gasteiger partial charge >= 0.3 is 6.03 Å². The highest BCUT2D eigenvalue weighted by Crippen LogP contribution is 2.20. The zero-order valence-electron chi connectivity index (χ0n) is 17.9. The van der Waals surface area contributed by atoms with Gasteiger partial charge in [0.1, 0.15) is 0 Å². The highest BCUT2D eigenvalue weighted by molar-refractivity contribution is 5.74. The van der Waals surface area contributed by atoms with Gasteiger partial charge in [-0.05, 0) is 55.9 Å². The summed E-state index contributed by atoms with van der Waals surface area (Å²) in [6.07, 6.45) is 3.65. The minimum atomic E-state index is -0.329. The standard InChI is InChI=1S/C24H32FN3O2/c1-18(8-9-19-6-4-3-5-7-19)26-24(29)27-21-12-14-28(15-13-21)17-20-10-11-23(30-2)22(25)16-20/h3-7,10-11,16,18,21H,8-9,12-15,17H2,1-2H3,(H2,26,27,29). The molecule has 1 aliphatic rings. The number of amides is 2. The van der Waals surface area contributed by atoms with E-state index >= 15 is 0 Å². The summed E-state index contributed by atoms with van der Waals surface area (Å²) in [6.45, 7) is 4.50. The van der Waals surface area contributed by atoms with Gasteiger partial charge in [-0.25, -0.2) is 9.18 Å². The van der Waals surface area contributed by atoms with Crippen LogP contribution in [0.5, 0.6) is 5.75 Å². The molecule has 6 heteroatoms. The number of nitrogens with one attached hydrogen (secondary N) is 2. The summed E-state index contributed by atoms with van der Waals surface area (Å²) < 4.78 is 18.8. The summed E-state index contributed by atoms with van der Waals surface area (Å²) in [4.78, 5) is 14.6. The number of halogens is 1. The molecule has 1 unspecified atom stereocenters. The summed E-state index contributed by atoms with van der Waals surface area (Å²) in [6, 6.07) is 15.6. The van der Waals surface area contributed by atoms with Crippen LogP contribution < -0.4 is 15.4 Å². The van der Waals surface area contributed by atoms with Crippen LogP contribution in [0.15, 0.2) is 48.5 Å². The van der Waals surface area contributed by atoms with Gasteiger partial charge in [-0.15, -0.1) is 0 Å². The molecule has 5 nitrogen and oxygen atoms in total. The average Bonchev–Trinajstić information content (AvgIpc) is 2.74. The number of hydrogen-bond donors (Lipinski definition) is 2. The zero-order chi connectivity index (χ0) is 21.3. The number of rotatable bonds is 8. The molecule has 1 heterocycles. The highest BCUT2D eigenvalue weighted by Gasteiger charge is 2.21. The van der Waals surface area contributed by atoms with Crippen LogP contribution in [0.1, 0.15) is 37.3 Å². The van der Waals surface area contributed by atoms with Crippen LogP contribution in [0.4, 0.5) is 9.18 Å². The molecular formula is C24H32FN3O2. The van der Waals surface area contributed by atoms with Crippen molar-refractivity contribution in [2.45, 2.75) is 51.2 Å². The third kappa shape index (κ3) is 6.73. The summed E-state index contributed by atoms with van der Waals surface area (Å²) in [5.74, 6) is -0.0599. The fraction of sp³-hybridized carbons (Fsp3) is 0.458. The Morgan fingerprint density at radius 1 is 1.17 bits per heavy atom.